The predicted octanol–water partition coefficient (Wildman–Crippen LogP) is 6.37. The third kappa shape index (κ3) is 6.35. The van der Waals surface area contributed by atoms with Crippen molar-refractivity contribution in [2.24, 2.45) is 12.8 Å². The molecule has 1 amide bonds. The highest BCUT2D eigenvalue weighted by Gasteiger charge is 2.22. The normalized spacial score (nSPS) is 11.7. The molecule has 3 aromatic heterocycles. The number of amides is 1. The standard InChI is InChI=1S/C26H28Cl2N4OS2/c1-31-21-16-19(27)20(28)17-22(21)32(14-4-2-3-7-25(33)30-13-12-29)26(31)11-9-18-8-10-24(35-18)23-6-5-15-34-23/h5-6,8-11,15-17H,2-4,7,12-14,29H2,1H3/p+1/b11-9+. The number of nitrogens with two attached hydrogens (primary N) is 1. The lowest BCUT2D eigenvalue weighted by atomic mass is 10.2. The molecule has 9 heteroatoms. The number of halogens is 2. The van der Waals surface area contributed by atoms with Crippen molar-refractivity contribution in [2.45, 2.75) is 32.2 Å². The van der Waals surface area contributed by atoms with E-state index in [0.29, 0.717) is 29.6 Å². The van der Waals surface area contributed by atoms with Gasteiger partial charge in [-0.1, -0.05) is 29.3 Å². The molecule has 4 rings (SSSR count). The first-order valence-electron chi connectivity index (χ1n) is 11.6. The summed E-state index contributed by atoms with van der Waals surface area (Å²) in [7, 11) is 2.05. The molecule has 0 unspecified atom stereocenters. The van der Waals surface area contributed by atoms with E-state index in [2.05, 4.69) is 63.3 Å². The second kappa shape index (κ2) is 12.2. The summed E-state index contributed by atoms with van der Waals surface area (Å²) in [6.45, 7) is 1.82. The van der Waals surface area contributed by atoms with Crippen molar-refractivity contribution in [3.8, 4) is 9.75 Å². The number of hydrogen-bond donors (Lipinski definition) is 2. The average molecular weight is 549 g/mol. The maximum atomic E-state index is 11.8. The van der Waals surface area contributed by atoms with Crippen molar-refractivity contribution in [2.75, 3.05) is 13.1 Å². The average Bonchev–Trinajstić information content (AvgIpc) is 3.58. The van der Waals surface area contributed by atoms with E-state index in [1.165, 1.54) is 14.6 Å². The molecule has 0 bridgehead atoms. The van der Waals surface area contributed by atoms with Crippen LogP contribution in [0, 0.1) is 0 Å². The molecule has 0 saturated carbocycles. The van der Waals surface area contributed by atoms with Crippen LogP contribution in [0.3, 0.4) is 0 Å². The lowest BCUT2D eigenvalue weighted by Crippen LogP contribution is -2.31. The van der Waals surface area contributed by atoms with Gasteiger partial charge in [0.1, 0.15) is 0 Å². The lowest BCUT2D eigenvalue weighted by molar-refractivity contribution is -0.647. The number of unbranched alkanes of at least 4 members (excludes halogenated alkanes) is 2. The quantitative estimate of drug-likeness (QED) is 0.169. The number of aryl methyl sites for hydroxylation is 2. The summed E-state index contributed by atoms with van der Waals surface area (Å²) in [6.07, 6.45) is 7.61. The van der Waals surface area contributed by atoms with Gasteiger partial charge in [-0.15, -0.1) is 22.7 Å². The van der Waals surface area contributed by atoms with Crippen molar-refractivity contribution in [1.82, 2.24) is 9.88 Å². The second-order valence-electron chi connectivity index (χ2n) is 8.29. The first-order valence-corrected chi connectivity index (χ1v) is 14.1. The molecule has 0 spiro atoms. The number of benzene rings is 1. The summed E-state index contributed by atoms with van der Waals surface area (Å²) in [5.74, 6) is 1.14. The molecular weight excluding hydrogens is 519 g/mol. The third-order valence-electron chi connectivity index (χ3n) is 5.83. The zero-order valence-corrected chi connectivity index (χ0v) is 22.7. The number of rotatable bonds is 11. The molecule has 0 radical (unpaired) electrons. The fraction of sp³-hybridized carbons (Fsp3) is 0.308. The Labute approximate surface area is 223 Å². The topological polar surface area (TPSA) is 63.9 Å². The van der Waals surface area contributed by atoms with Gasteiger partial charge in [0, 0.05) is 52.4 Å². The Bertz CT molecular complexity index is 1330. The molecule has 0 aliphatic heterocycles. The van der Waals surface area contributed by atoms with Crippen molar-refractivity contribution < 1.29 is 9.36 Å². The van der Waals surface area contributed by atoms with E-state index in [9.17, 15) is 4.79 Å². The molecule has 0 aliphatic rings. The van der Waals surface area contributed by atoms with E-state index >= 15 is 0 Å². The summed E-state index contributed by atoms with van der Waals surface area (Å²) in [5, 5.41) is 6.02. The summed E-state index contributed by atoms with van der Waals surface area (Å²) >= 11 is 16.3. The van der Waals surface area contributed by atoms with E-state index in [-0.39, 0.29) is 5.91 Å². The highest BCUT2D eigenvalue weighted by Crippen LogP contribution is 2.33. The SMILES string of the molecule is C[n+]1c(/C=C/c2ccc(-c3cccs3)s2)n(CCCCCC(=O)NCCN)c2cc(Cl)c(Cl)cc21. The van der Waals surface area contributed by atoms with Crippen LogP contribution in [0.25, 0.3) is 32.9 Å². The Morgan fingerprint density at radius 1 is 1.11 bits per heavy atom. The van der Waals surface area contributed by atoms with E-state index in [0.717, 1.165) is 42.7 Å². The number of nitrogens with one attached hydrogen (secondary N) is 1. The number of aromatic nitrogens is 2. The zero-order valence-electron chi connectivity index (χ0n) is 19.6. The largest absolute Gasteiger partial charge is 0.355 e. The van der Waals surface area contributed by atoms with Crippen LogP contribution >= 0.6 is 45.9 Å². The minimum absolute atomic E-state index is 0.0659. The summed E-state index contributed by atoms with van der Waals surface area (Å²) in [4.78, 5) is 15.6. The molecule has 0 aliphatic carbocycles. The van der Waals surface area contributed by atoms with Crippen LogP contribution in [0.15, 0.2) is 41.8 Å². The van der Waals surface area contributed by atoms with Crippen molar-refractivity contribution in [3.05, 3.63) is 62.5 Å². The minimum Gasteiger partial charge on any atom is -0.355 e. The van der Waals surface area contributed by atoms with E-state index in [4.69, 9.17) is 28.9 Å². The number of carbonyl (C=O) groups is 1. The first kappa shape index (κ1) is 25.9. The molecule has 3 N–H and O–H groups in total. The molecule has 0 fully saturated rings. The van der Waals surface area contributed by atoms with Crippen LogP contribution in [-0.4, -0.2) is 23.6 Å². The summed E-state index contributed by atoms with van der Waals surface area (Å²) in [6, 6.07) is 12.4. The van der Waals surface area contributed by atoms with E-state index in [1.807, 2.05) is 12.1 Å². The Morgan fingerprint density at radius 2 is 1.94 bits per heavy atom. The van der Waals surface area contributed by atoms with Gasteiger partial charge in [0.25, 0.3) is 5.82 Å². The molecule has 3 heterocycles. The van der Waals surface area contributed by atoms with Crippen LogP contribution in [0.1, 0.15) is 36.4 Å². The molecule has 0 saturated heterocycles. The lowest BCUT2D eigenvalue weighted by Gasteiger charge is -2.04. The van der Waals surface area contributed by atoms with Gasteiger partial charge in [-0.3, -0.25) is 4.79 Å². The number of nitrogens with zero attached hydrogens (tertiary/aromatic N) is 2. The Hall–Kier alpha value is -2.16. The Kier molecular flexibility index (Phi) is 9.03. The molecule has 5 nitrogen and oxygen atoms in total. The molecule has 0 atom stereocenters. The van der Waals surface area contributed by atoms with Crippen LogP contribution in [0.2, 0.25) is 10.0 Å². The zero-order chi connectivity index (χ0) is 24.8. The molecule has 4 aromatic rings. The third-order valence-corrected chi connectivity index (χ3v) is 8.67. The number of hydrogen-bond acceptors (Lipinski definition) is 4. The van der Waals surface area contributed by atoms with Crippen LogP contribution in [0.4, 0.5) is 0 Å². The van der Waals surface area contributed by atoms with Gasteiger partial charge in [-0.05, 0) is 48.9 Å². The maximum absolute atomic E-state index is 11.8. The number of thiophene rings is 2. The maximum Gasteiger partial charge on any atom is 0.282 e. The van der Waals surface area contributed by atoms with Crippen LogP contribution in [-0.2, 0) is 18.4 Å². The van der Waals surface area contributed by atoms with Gasteiger partial charge in [0.15, 0.2) is 11.0 Å². The summed E-state index contributed by atoms with van der Waals surface area (Å²) in [5.41, 5.74) is 7.52. The first-order chi connectivity index (χ1) is 17.0. The monoisotopic (exact) mass is 547 g/mol. The van der Waals surface area contributed by atoms with Crippen LogP contribution < -0.4 is 15.6 Å². The van der Waals surface area contributed by atoms with Gasteiger partial charge >= 0.3 is 0 Å². The molecular formula is C26H29Cl2N4OS2+. The number of imidazole rings is 1. The minimum atomic E-state index is 0.0659. The van der Waals surface area contributed by atoms with E-state index < -0.39 is 0 Å². The Balaban J connectivity index is 1.53. The van der Waals surface area contributed by atoms with Crippen molar-refractivity contribution in [1.29, 1.82) is 0 Å². The van der Waals surface area contributed by atoms with Gasteiger partial charge in [0.2, 0.25) is 5.91 Å². The highest BCUT2D eigenvalue weighted by atomic mass is 35.5. The summed E-state index contributed by atoms with van der Waals surface area (Å²) < 4.78 is 4.44. The molecule has 1 aromatic carbocycles. The van der Waals surface area contributed by atoms with Gasteiger partial charge < -0.3 is 11.1 Å². The fourth-order valence-electron chi connectivity index (χ4n) is 4.06. The van der Waals surface area contributed by atoms with Gasteiger partial charge in [-0.25, -0.2) is 9.13 Å². The number of carbonyl (C=O) groups excluding carboxylic acids is 1. The fourth-order valence-corrected chi connectivity index (χ4v) is 6.12. The highest BCUT2D eigenvalue weighted by molar-refractivity contribution is 7.21. The number of fused-ring (bicyclic) bond motifs is 1. The van der Waals surface area contributed by atoms with Gasteiger partial charge in [0.05, 0.1) is 23.6 Å². The predicted molar refractivity (Wildman–Crippen MR) is 150 cm³/mol. The molecule has 35 heavy (non-hydrogen) atoms. The Morgan fingerprint density at radius 3 is 2.71 bits per heavy atom. The van der Waals surface area contributed by atoms with Gasteiger partial charge in [-0.2, -0.15) is 0 Å². The van der Waals surface area contributed by atoms with Crippen LogP contribution in [0.5, 0.6) is 0 Å². The smallest absolute Gasteiger partial charge is 0.282 e. The molecule has 184 valence electrons. The van der Waals surface area contributed by atoms with Crippen molar-refractivity contribution in [3.63, 3.8) is 0 Å². The van der Waals surface area contributed by atoms with E-state index in [1.54, 1.807) is 22.7 Å². The second-order valence-corrected chi connectivity index (χ2v) is 11.2. The van der Waals surface area contributed by atoms with Crippen molar-refractivity contribution >= 4 is 75.0 Å².